The van der Waals surface area contributed by atoms with Gasteiger partial charge in [0.25, 0.3) is 0 Å². The average molecular weight is 394 g/mol. The average Bonchev–Trinajstić information content (AvgIpc) is 2.70. The Morgan fingerprint density at radius 3 is 2.31 bits per heavy atom. The van der Waals surface area contributed by atoms with Crippen molar-refractivity contribution in [1.82, 2.24) is 3.29 Å². The van der Waals surface area contributed by atoms with Crippen molar-refractivity contribution in [2.24, 2.45) is 0 Å². The largest absolute Gasteiger partial charge is 0.577 e. The van der Waals surface area contributed by atoms with E-state index in [9.17, 15) is 9.59 Å². The lowest BCUT2D eigenvalue weighted by Crippen LogP contribution is -2.41. The smallest absolute Gasteiger partial charge is 0.465 e. The van der Waals surface area contributed by atoms with Crippen LogP contribution in [0.1, 0.15) is 15.9 Å². The van der Waals surface area contributed by atoms with E-state index >= 15 is 0 Å². The van der Waals surface area contributed by atoms with E-state index in [-0.39, 0.29) is 9.90 Å². The number of carbonyl (C=O) groups excluding carboxylic acids is 2. The molecule has 0 spiro atoms. The van der Waals surface area contributed by atoms with E-state index in [1.54, 1.807) is 36.8 Å². The fraction of sp³-hybridized carbons (Fsp3) is 0.222. The lowest BCUT2D eigenvalue weighted by atomic mass is 10.2. The van der Waals surface area contributed by atoms with E-state index < -0.39 is 12.1 Å². The normalized spacial score (nSPS) is 11.0. The Hall–Kier alpha value is -2.00. The quantitative estimate of drug-likeness (QED) is 0.223. The minimum Gasteiger partial charge on any atom is -0.465 e. The number of hydrogen-bond acceptors (Lipinski definition) is 7. The molecule has 2 aromatic carbocycles. The Morgan fingerprint density at radius 1 is 1.00 bits per heavy atom. The Kier molecular flexibility index (Phi) is 7.52. The summed E-state index contributed by atoms with van der Waals surface area (Å²) >= 11 is 2.49. The molecule has 0 N–H and O–H groups in total. The fourth-order valence-electron chi connectivity index (χ4n) is 2.24. The first-order valence-electron chi connectivity index (χ1n) is 7.64. The van der Waals surface area contributed by atoms with Gasteiger partial charge in [-0.2, -0.15) is 9.68 Å². The van der Waals surface area contributed by atoms with Crippen molar-refractivity contribution in [2.45, 2.75) is 6.61 Å². The molecule has 8 heteroatoms. The molecule has 0 radical (unpaired) electrons. The number of ether oxygens (including phenoxy) is 1. The van der Waals surface area contributed by atoms with Gasteiger partial charge in [0.1, 0.15) is 30.5 Å². The molecule has 138 valence electrons. The zero-order valence-corrected chi connectivity index (χ0v) is 16.3. The van der Waals surface area contributed by atoms with Gasteiger partial charge < -0.3 is 4.74 Å². The van der Waals surface area contributed by atoms with Crippen LogP contribution in [0, 0.1) is 0 Å². The maximum atomic E-state index is 12.7. The molecule has 0 bridgehead atoms. The minimum atomic E-state index is -0.608. The number of amides is 1. The van der Waals surface area contributed by atoms with Crippen LogP contribution in [0.25, 0.3) is 0 Å². The zero-order valence-electron chi connectivity index (χ0n) is 14.7. The third-order valence-electron chi connectivity index (χ3n) is 3.56. The van der Waals surface area contributed by atoms with Crippen LogP contribution < -0.4 is 3.29 Å². The molecule has 2 rings (SSSR count). The number of nitrogens with zero attached hydrogens (tertiary/aromatic N) is 1. The predicted octanol–water partition coefficient (Wildman–Crippen LogP) is 4.60. The highest BCUT2D eigenvalue weighted by atomic mass is 32.2. The second kappa shape index (κ2) is 9.63. The molecule has 6 nitrogen and oxygen atoms in total. The summed E-state index contributed by atoms with van der Waals surface area (Å²) in [6, 6.07) is 16.1. The number of quaternary nitrogens is 1. The first-order chi connectivity index (χ1) is 12.6. The molecule has 0 atom stereocenters. The van der Waals surface area contributed by atoms with Crippen LogP contribution in [0.15, 0.2) is 54.6 Å². The lowest BCUT2D eigenvalue weighted by Gasteiger charge is -2.25. The second-order valence-electron chi connectivity index (χ2n) is 5.06. The zero-order chi connectivity index (χ0) is 19.0. The third kappa shape index (κ3) is 4.59. The van der Waals surface area contributed by atoms with Gasteiger partial charge in [-0.1, -0.05) is 39.7 Å². The number of esters is 1. The molecule has 0 aliphatic heterocycles. The van der Waals surface area contributed by atoms with Gasteiger partial charge in [-0.3, -0.25) is 0 Å². The lowest BCUT2D eigenvalue weighted by molar-refractivity contribution is -0.249. The number of hydrogen-bond donors (Lipinski definition) is 0. The molecule has 0 aliphatic rings. The predicted molar refractivity (Wildman–Crippen MR) is 104 cm³/mol. The van der Waals surface area contributed by atoms with Crippen molar-refractivity contribution in [3.63, 3.8) is 0 Å². The van der Waals surface area contributed by atoms with Crippen molar-refractivity contribution in [3.8, 4) is 0 Å². The van der Waals surface area contributed by atoms with Gasteiger partial charge in [-0.25, -0.2) is 9.68 Å². The maximum Gasteiger partial charge on any atom is 0.577 e. The monoisotopic (exact) mass is 394 g/mol. The Morgan fingerprint density at radius 2 is 1.69 bits per heavy atom. The fourth-order valence-corrected chi connectivity index (χ4v) is 3.85. The van der Waals surface area contributed by atoms with E-state index in [0.29, 0.717) is 11.3 Å². The molecule has 0 fully saturated rings. The van der Waals surface area contributed by atoms with E-state index in [1.165, 1.54) is 31.0 Å². The van der Waals surface area contributed by atoms with Crippen LogP contribution in [-0.2, 0) is 21.1 Å². The van der Waals surface area contributed by atoms with Gasteiger partial charge in [-0.05, 0) is 11.6 Å². The Labute approximate surface area is 161 Å². The molecule has 2 aromatic rings. The standard InChI is InChI=1S/C18H20NO5S2/c1-22-17(20)15-10-7-11-16(12-15)19(25-2,26-3)18(21)24-23-13-14-8-5-4-6-9-14/h4-12H,13H2,1-3H3/q+1. The van der Waals surface area contributed by atoms with Gasteiger partial charge in [0, 0.05) is 24.6 Å². The topological polar surface area (TPSA) is 61.8 Å². The van der Waals surface area contributed by atoms with Crippen LogP contribution in [0.4, 0.5) is 10.5 Å². The van der Waals surface area contributed by atoms with Crippen molar-refractivity contribution in [1.29, 1.82) is 0 Å². The van der Waals surface area contributed by atoms with E-state index in [1.807, 2.05) is 30.3 Å². The molecule has 0 saturated carbocycles. The molecule has 0 unspecified atom stereocenters. The molecular weight excluding hydrogens is 374 g/mol. The van der Waals surface area contributed by atoms with Crippen LogP contribution in [0.3, 0.4) is 0 Å². The van der Waals surface area contributed by atoms with Crippen LogP contribution in [-0.4, -0.2) is 31.7 Å². The number of rotatable bonds is 7. The summed E-state index contributed by atoms with van der Waals surface area (Å²) in [5.41, 5.74) is 1.81. The highest BCUT2D eigenvalue weighted by molar-refractivity contribution is 8.15. The molecule has 0 heterocycles. The second-order valence-corrected chi connectivity index (χ2v) is 7.11. The van der Waals surface area contributed by atoms with Gasteiger partial charge in [0.15, 0.2) is 5.69 Å². The van der Waals surface area contributed by atoms with Crippen molar-refractivity contribution < 1.29 is 24.1 Å². The van der Waals surface area contributed by atoms with Crippen LogP contribution in [0.5, 0.6) is 0 Å². The summed E-state index contributed by atoms with van der Waals surface area (Å²) in [6.07, 6.45) is 2.95. The molecule has 26 heavy (non-hydrogen) atoms. The molecule has 0 aliphatic carbocycles. The van der Waals surface area contributed by atoms with Crippen molar-refractivity contribution >= 4 is 41.6 Å². The summed E-state index contributed by atoms with van der Waals surface area (Å²) in [5, 5.41) is 0. The molecule has 1 amide bonds. The summed E-state index contributed by atoms with van der Waals surface area (Å²) in [5.74, 6) is -0.471. The Bertz CT molecular complexity index is 750. The van der Waals surface area contributed by atoms with Gasteiger partial charge in [-0.15, -0.1) is 0 Å². The highest BCUT2D eigenvalue weighted by Crippen LogP contribution is 2.40. The SMILES string of the molecule is COC(=O)c1cccc([N+](SC)(SC)C(=O)OOCc2ccccc2)c1. The highest BCUT2D eigenvalue weighted by Gasteiger charge is 2.44. The van der Waals surface area contributed by atoms with Crippen LogP contribution in [0.2, 0.25) is 0 Å². The number of benzene rings is 2. The first-order valence-corrected chi connectivity index (χ1v) is 10.0. The summed E-state index contributed by atoms with van der Waals surface area (Å²) in [7, 11) is 1.31. The van der Waals surface area contributed by atoms with Crippen molar-refractivity contribution in [3.05, 3.63) is 65.7 Å². The summed E-state index contributed by atoms with van der Waals surface area (Å²) in [4.78, 5) is 34.7. The molecule has 0 saturated heterocycles. The Balaban J connectivity index is 2.17. The maximum absolute atomic E-state index is 12.7. The van der Waals surface area contributed by atoms with Gasteiger partial charge >= 0.3 is 12.1 Å². The van der Waals surface area contributed by atoms with E-state index in [4.69, 9.17) is 14.5 Å². The third-order valence-corrected chi connectivity index (χ3v) is 6.20. The van der Waals surface area contributed by atoms with Gasteiger partial charge in [0.2, 0.25) is 0 Å². The number of methoxy groups -OCH3 is 1. The number of carbonyl (C=O) groups is 2. The minimum absolute atomic E-state index is 0.150. The summed E-state index contributed by atoms with van der Waals surface area (Å²) < 4.78 is 4.48. The van der Waals surface area contributed by atoms with Crippen molar-refractivity contribution in [2.75, 3.05) is 19.6 Å². The van der Waals surface area contributed by atoms with Gasteiger partial charge in [0.05, 0.1) is 12.7 Å². The molecule has 0 aromatic heterocycles. The van der Waals surface area contributed by atoms with E-state index in [2.05, 4.69) is 0 Å². The first kappa shape index (κ1) is 20.3. The molecular formula is C18H20NO5S2+. The van der Waals surface area contributed by atoms with E-state index in [0.717, 1.165) is 5.56 Å². The summed E-state index contributed by atoms with van der Waals surface area (Å²) in [6.45, 7) is 0.150. The van der Waals surface area contributed by atoms with Crippen LogP contribution >= 0.6 is 23.9 Å².